The number of hydrogen-bond donors (Lipinski definition) is 1. The van der Waals surface area contributed by atoms with E-state index in [0.717, 1.165) is 11.1 Å². The molecule has 1 aliphatic carbocycles. The molecule has 0 fully saturated rings. The molecule has 8 heteroatoms. The van der Waals surface area contributed by atoms with Crippen molar-refractivity contribution < 1.29 is 14.0 Å². The number of aromatic nitrogens is 3. The van der Waals surface area contributed by atoms with Crippen LogP contribution in [0.25, 0.3) is 11.1 Å². The van der Waals surface area contributed by atoms with Gasteiger partial charge in [-0.3, -0.25) is 14.3 Å². The number of nitrogens with one attached hydrogen (secondary N) is 1. The number of hydrogen-bond acceptors (Lipinski definition) is 4. The van der Waals surface area contributed by atoms with Gasteiger partial charge in [-0.25, -0.2) is 9.37 Å². The van der Waals surface area contributed by atoms with E-state index in [1.54, 1.807) is 43.4 Å². The van der Waals surface area contributed by atoms with Crippen molar-refractivity contribution >= 4 is 17.6 Å². The van der Waals surface area contributed by atoms with E-state index < -0.39 is 0 Å². The fraction of sp³-hybridized carbons (Fsp3) is 0.300. The zero-order valence-corrected chi connectivity index (χ0v) is 15.9. The molecule has 146 valence electrons. The van der Waals surface area contributed by atoms with Gasteiger partial charge in [0.05, 0.1) is 12.6 Å². The van der Waals surface area contributed by atoms with Gasteiger partial charge < -0.3 is 10.2 Å². The van der Waals surface area contributed by atoms with Crippen molar-refractivity contribution in [1.82, 2.24) is 19.7 Å². The second-order valence-corrected chi connectivity index (χ2v) is 6.78. The fourth-order valence-corrected chi connectivity index (χ4v) is 2.74. The molecule has 0 saturated heterocycles. The number of anilines is 1. The first-order valence-corrected chi connectivity index (χ1v) is 8.94. The van der Waals surface area contributed by atoms with Crippen molar-refractivity contribution in [2.75, 3.05) is 19.4 Å². The molecule has 2 heterocycles. The molecule has 2 amide bonds. The molecule has 0 bridgehead atoms. The number of nitrogens with zero attached hydrogens (tertiary/aromatic N) is 4. The first kappa shape index (κ1) is 19.5. The zero-order chi connectivity index (χ0) is 20.1. The lowest BCUT2D eigenvalue weighted by Gasteiger charge is -2.09. The third-order valence-corrected chi connectivity index (χ3v) is 4.29. The van der Waals surface area contributed by atoms with E-state index in [1.165, 1.54) is 11.0 Å². The molecule has 0 atom stereocenters. The quantitative estimate of drug-likeness (QED) is 0.832. The second-order valence-electron chi connectivity index (χ2n) is 6.78. The van der Waals surface area contributed by atoms with Crippen molar-refractivity contribution in [3.8, 4) is 11.1 Å². The Labute approximate surface area is 162 Å². The number of likely N-dealkylation sites (N-methyl/N-ethyl adjacent to an activating group) is 1. The molecule has 28 heavy (non-hydrogen) atoms. The topological polar surface area (TPSA) is 80.1 Å². The Morgan fingerprint density at radius 1 is 1.25 bits per heavy atom. The van der Waals surface area contributed by atoms with E-state index in [-0.39, 0.29) is 30.6 Å². The van der Waals surface area contributed by atoms with Gasteiger partial charge in [0, 0.05) is 44.0 Å². The number of rotatable bonds is 6. The molecular formula is C20H22FN5O2. The molecule has 3 rings (SSSR count). The Morgan fingerprint density at radius 2 is 2.07 bits per heavy atom. The summed E-state index contributed by atoms with van der Waals surface area (Å²) < 4.78 is 14.8. The number of carbonyl (C=O) groups is 2. The Balaban J connectivity index is 1.59. The first-order valence-electron chi connectivity index (χ1n) is 8.94. The maximum Gasteiger partial charge on any atom is 0.243 e. The highest BCUT2D eigenvalue weighted by atomic mass is 19.1. The summed E-state index contributed by atoms with van der Waals surface area (Å²) in [5, 5.41) is 6.90. The Hall–Kier alpha value is -3.29. The maximum atomic E-state index is 13.3. The predicted octanol–water partition coefficient (Wildman–Crippen LogP) is 2.94. The molecular weight excluding hydrogens is 361 g/mol. The number of allylic oxidation sites excluding steroid dienone is 3. The Morgan fingerprint density at radius 3 is 2.75 bits per heavy atom. The van der Waals surface area contributed by atoms with Crippen LogP contribution in [0.3, 0.4) is 0 Å². The molecule has 0 radical (unpaired) electrons. The summed E-state index contributed by atoms with van der Waals surface area (Å²) in [7, 11) is 3.39. The molecule has 2 aromatic rings. The molecule has 0 aliphatic heterocycles. The van der Waals surface area contributed by atoms with E-state index in [2.05, 4.69) is 15.4 Å². The molecule has 7 nitrogen and oxygen atoms in total. The molecule has 0 saturated carbocycles. The highest BCUT2D eigenvalue weighted by Crippen LogP contribution is 2.22. The van der Waals surface area contributed by atoms with Gasteiger partial charge in [-0.05, 0) is 30.2 Å². The van der Waals surface area contributed by atoms with E-state index in [1.807, 2.05) is 12.1 Å². The molecule has 1 N–H and O–H groups in total. The SMILES string of the molecule is CN(C)C(=O)Cn1cc(-c2ccc(NC(=O)CC3=CCCC(F)=C3)nc2)cn1. The summed E-state index contributed by atoms with van der Waals surface area (Å²) in [4.78, 5) is 29.6. The molecule has 2 aromatic heterocycles. The minimum Gasteiger partial charge on any atom is -0.347 e. The monoisotopic (exact) mass is 383 g/mol. The van der Waals surface area contributed by atoms with Crippen LogP contribution in [-0.4, -0.2) is 45.6 Å². The van der Waals surface area contributed by atoms with Gasteiger partial charge in [-0.1, -0.05) is 6.08 Å². The van der Waals surface area contributed by atoms with Gasteiger partial charge >= 0.3 is 0 Å². The smallest absolute Gasteiger partial charge is 0.243 e. The number of halogens is 1. The van der Waals surface area contributed by atoms with Crippen LogP contribution in [0.5, 0.6) is 0 Å². The average molecular weight is 383 g/mol. The predicted molar refractivity (Wildman–Crippen MR) is 104 cm³/mol. The average Bonchev–Trinajstić information content (AvgIpc) is 3.10. The lowest BCUT2D eigenvalue weighted by atomic mass is 10.0. The third kappa shape index (κ3) is 5.12. The van der Waals surface area contributed by atoms with Crippen molar-refractivity contribution in [1.29, 1.82) is 0 Å². The van der Waals surface area contributed by atoms with Gasteiger partial charge in [0.15, 0.2) is 0 Å². The van der Waals surface area contributed by atoms with E-state index in [9.17, 15) is 14.0 Å². The molecule has 0 unspecified atom stereocenters. The Bertz CT molecular complexity index is 928. The normalized spacial score (nSPS) is 13.5. The highest BCUT2D eigenvalue weighted by molar-refractivity contribution is 5.92. The number of carbonyl (C=O) groups excluding carboxylic acids is 2. The van der Waals surface area contributed by atoms with Crippen LogP contribution in [0.2, 0.25) is 0 Å². The third-order valence-electron chi connectivity index (χ3n) is 4.29. The molecule has 1 aliphatic rings. The molecule has 0 spiro atoms. The summed E-state index contributed by atoms with van der Waals surface area (Å²) >= 11 is 0. The van der Waals surface area contributed by atoms with E-state index in [4.69, 9.17) is 0 Å². The van der Waals surface area contributed by atoms with Crippen LogP contribution in [0.15, 0.2) is 54.3 Å². The van der Waals surface area contributed by atoms with Crippen molar-refractivity contribution in [2.24, 2.45) is 0 Å². The minimum atomic E-state index is -0.243. The highest BCUT2D eigenvalue weighted by Gasteiger charge is 2.11. The van der Waals surface area contributed by atoms with Gasteiger partial charge in [0.2, 0.25) is 11.8 Å². The van der Waals surface area contributed by atoms with Crippen LogP contribution < -0.4 is 5.32 Å². The lowest BCUT2D eigenvalue weighted by molar-refractivity contribution is -0.129. The van der Waals surface area contributed by atoms with Crippen LogP contribution in [0.1, 0.15) is 19.3 Å². The van der Waals surface area contributed by atoms with Gasteiger partial charge in [0.1, 0.15) is 18.2 Å². The van der Waals surface area contributed by atoms with Gasteiger partial charge in [0.25, 0.3) is 0 Å². The van der Waals surface area contributed by atoms with Crippen molar-refractivity contribution in [3.63, 3.8) is 0 Å². The zero-order valence-electron chi connectivity index (χ0n) is 15.9. The standard InChI is InChI=1S/C20H22FN5O2/c1-25(2)20(28)13-26-12-16(11-23-26)15-6-7-18(22-10-15)24-19(27)9-14-4-3-5-17(21)8-14/h4,6-8,10-12H,3,5,9,13H2,1-2H3,(H,22,24,27). The number of pyridine rings is 1. The second kappa shape index (κ2) is 8.60. The van der Waals surface area contributed by atoms with Gasteiger partial charge in [-0.2, -0.15) is 5.10 Å². The largest absolute Gasteiger partial charge is 0.347 e. The van der Waals surface area contributed by atoms with Crippen LogP contribution in [0.4, 0.5) is 10.2 Å². The van der Waals surface area contributed by atoms with Crippen molar-refractivity contribution in [3.05, 3.63) is 54.3 Å². The first-order chi connectivity index (χ1) is 13.4. The number of amides is 2. The summed E-state index contributed by atoms with van der Waals surface area (Å²) in [5.74, 6) is -0.0634. The summed E-state index contributed by atoms with van der Waals surface area (Å²) in [6, 6.07) is 3.51. The van der Waals surface area contributed by atoms with E-state index in [0.29, 0.717) is 24.2 Å². The summed E-state index contributed by atoms with van der Waals surface area (Å²) in [5.41, 5.74) is 2.32. The Kier molecular flexibility index (Phi) is 5.98. The van der Waals surface area contributed by atoms with Crippen molar-refractivity contribution in [2.45, 2.75) is 25.8 Å². The summed E-state index contributed by atoms with van der Waals surface area (Å²) in [6.07, 6.45) is 9.48. The molecule has 0 aromatic carbocycles. The fourth-order valence-electron chi connectivity index (χ4n) is 2.74. The van der Waals surface area contributed by atoms with Crippen LogP contribution >= 0.6 is 0 Å². The summed E-state index contributed by atoms with van der Waals surface area (Å²) in [6.45, 7) is 0.166. The van der Waals surface area contributed by atoms with Crippen LogP contribution in [0, 0.1) is 0 Å². The maximum absolute atomic E-state index is 13.3. The van der Waals surface area contributed by atoms with E-state index >= 15 is 0 Å². The minimum absolute atomic E-state index is 0.0476. The lowest BCUT2D eigenvalue weighted by Crippen LogP contribution is -2.26. The van der Waals surface area contributed by atoms with Crippen LogP contribution in [-0.2, 0) is 16.1 Å². The van der Waals surface area contributed by atoms with Gasteiger partial charge in [-0.15, -0.1) is 0 Å².